The van der Waals surface area contributed by atoms with Crippen molar-refractivity contribution in [2.24, 2.45) is 11.1 Å². The number of nitrogen functional groups attached to an aromatic ring is 1. The molecule has 0 aliphatic heterocycles. The highest BCUT2D eigenvalue weighted by Crippen LogP contribution is 2.33. The van der Waals surface area contributed by atoms with Crippen molar-refractivity contribution in [3.05, 3.63) is 53.1 Å². The molecule has 0 saturated carbocycles. The van der Waals surface area contributed by atoms with Gasteiger partial charge in [-0.25, -0.2) is 0 Å². The van der Waals surface area contributed by atoms with Gasteiger partial charge < -0.3 is 20.5 Å². The minimum Gasteiger partial charge on any atom is -0.472 e. The zero-order valence-electron chi connectivity index (χ0n) is 13.9. The highest BCUT2D eigenvalue weighted by molar-refractivity contribution is 6.32. The Morgan fingerprint density at radius 1 is 1.32 bits per heavy atom. The van der Waals surface area contributed by atoms with Crippen LogP contribution in [0.1, 0.15) is 29.8 Å². The number of benzene rings is 1. The summed E-state index contributed by atoms with van der Waals surface area (Å²) < 4.78 is 6.78. The molecule has 1 amide bonds. The quantitative estimate of drug-likeness (QED) is 0.539. The maximum Gasteiger partial charge on any atom is 0.224 e. The molecule has 3 aromatic rings. The molecule has 0 saturated heterocycles. The topological polar surface area (TPSA) is 104 Å². The highest BCUT2D eigenvalue weighted by Gasteiger charge is 2.28. The van der Waals surface area contributed by atoms with Crippen molar-refractivity contribution in [1.82, 2.24) is 4.57 Å². The molecule has 0 spiro atoms. The predicted molar refractivity (Wildman–Crippen MR) is 96.5 cm³/mol. The van der Waals surface area contributed by atoms with Crippen molar-refractivity contribution in [2.75, 3.05) is 5.73 Å². The van der Waals surface area contributed by atoms with Gasteiger partial charge in [0.25, 0.3) is 0 Å². The van der Waals surface area contributed by atoms with Crippen molar-refractivity contribution >= 4 is 39.9 Å². The zero-order chi connectivity index (χ0) is 18.4. The van der Waals surface area contributed by atoms with E-state index >= 15 is 0 Å². The second-order valence-corrected chi connectivity index (χ2v) is 7.09. The first-order valence-corrected chi connectivity index (χ1v) is 8.03. The number of furan rings is 1. The van der Waals surface area contributed by atoms with Gasteiger partial charge in [0.05, 0.1) is 28.3 Å². The van der Waals surface area contributed by atoms with Crippen LogP contribution in [0.4, 0.5) is 5.69 Å². The zero-order valence-corrected chi connectivity index (χ0v) is 14.6. The van der Waals surface area contributed by atoms with E-state index in [2.05, 4.69) is 0 Å². The number of halogens is 1. The molecule has 1 aromatic carbocycles. The highest BCUT2D eigenvalue weighted by atomic mass is 35.5. The summed E-state index contributed by atoms with van der Waals surface area (Å²) >= 11 is 6.13. The summed E-state index contributed by atoms with van der Waals surface area (Å²) in [5.74, 6) is -0.657. The van der Waals surface area contributed by atoms with Gasteiger partial charge >= 0.3 is 0 Å². The van der Waals surface area contributed by atoms with E-state index in [0.29, 0.717) is 32.7 Å². The Labute approximate surface area is 149 Å². The van der Waals surface area contributed by atoms with E-state index in [1.54, 1.807) is 42.8 Å². The number of amides is 1. The number of hydrogen-bond acceptors (Lipinski definition) is 4. The van der Waals surface area contributed by atoms with Gasteiger partial charge in [0.15, 0.2) is 5.78 Å². The van der Waals surface area contributed by atoms with Gasteiger partial charge in [-0.3, -0.25) is 9.59 Å². The van der Waals surface area contributed by atoms with E-state index in [1.165, 1.54) is 12.5 Å². The minimum atomic E-state index is -0.807. The maximum absolute atomic E-state index is 12.8. The standard InChI is InChI=1S/C18H18ClN3O3/c1-18(2,17(21)24)9-22-7-12(16(23)10-3-4-25-8-10)15-13(20)5-11(19)6-14(15)22/h3-8H,9,20H2,1-2H3,(H2,21,24). The largest absolute Gasteiger partial charge is 0.472 e. The third kappa shape index (κ3) is 3.00. The first kappa shape index (κ1) is 17.1. The summed E-state index contributed by atoms with van der Waals surface area (Å²) in [6.07, 6.45) is 4.49. The van der Waals surface area contributed by atoms with E-state index in [1.807, 2.05) is 0 Å². The first-order valence-electron chi connectivity index (χ1n) is 7.65. The monoisotopic (exact) mass is 359 g/mol. The fourth-order valence-corrected chi connectivity index (χ4v) is 3.00. The Balaban J connectivity index is 2.22. The van der Waals surface area contributed by atoms with E-state index in [4.69, 9.17) is 27.5 Å². The lowest BCUT2D eigenvalue weighted by Crippen LogP contribution is -2.35. The second-order valence-electron chi connectivity index (χ2n) is 6.65. The number of anilines is 1. The average molecular weight is 360 g/mol. The lowest BCUT2D eigenvalue weighted by molar-refractivity contribution is -0.126. The number of ketones is 1. The summed E-state index contributed by atoms with van der Waals surface area (Å²) in [7, 11) is 0. The maximum atomic E-state index is 12.8. The molecule has 25 heavy (non-hydrogen) atoms. The minimum absolute atomic E-state index is 0.219. The second kappa shape index (κ2) is 5.97. The molecule has 2 heterocycles. The summed E-state index contributed by atoms with van der Waals surface area (Å²) in [4.78, 5) is 24.5. The fourth-order valence-electron chi connectivity index (χ4n) is 2.78. The number of carbonyl (C=O) groups excluding carboxylic acids is 2. The molecular weight excluding hydrogens is 342 g/mol. The summed E-state index contributed by atoms with van der Waals surface area (Å²) in [6, 6.07) is 4.90. The predicted octanol–water partition coefficient (Wildman–Crippen LogP) is 3.21. The van der Waals surface area contributed by atoms with E-state index in [-0.39, 0.29) is 12.3 Å². The lowest BCUT2D eigenvalue weighted by Gasteiger charge is -2.21. The van der Waals surface area contributed by atoms with Crippen LogP contribution in [0, 0.1) is 5.41 Å². The SMILES string of the molecule is CC(C)(Cn1cc(C(=O)c2ccoc2)c2c(N)cc(Cl)cc21)C(N)=O. The third-order valence-electron chi connectivity index (χ3n) is 4.24. The molecule has 130 valence electrons. The van der Waals surface area contributed by atoms with Gasteiger partial charge in [-0.15, -0.1) is 0 Å². The molecule has 0 unspecified atom stereocenters. The van der Waals surface area contributed by atoms with Crippen LogP contribution in [-0.4, -0.2) is 16.3 Å². The molecule has 2 aromatic heterocycles. The molecule has 0 radical (unpaired) electrons. The van der Waals surface area contributed by atoms with Gasteiger partial charge in [-0.2, -0.15) is 0 Å². The fraction of sp³-hybridized carbons (Fsp3) is 0.222. The van der Waals surface area contributed by atoms with Crippen LogP contribution < -0.4 is 11.5 Å². The van der Waals surface area contributed by atoms with Crippen molar-refractivity contribution in [3.8, 4) is 0 Å². The van der Waals surface area contributed by atoms with Crippen LogP contribution in [-0.2, 0) is 11.3 Å². The van der Waals surface area contributed by atoms with Crippen molar-refractivity contribution in [1.29, 1.82) is 0 Å². The Morgan fingerprint density at radius 2 is 2.04 bits per heavy atom. The number of nitrogens with two attached hydrogens (primary N) is 2. The molecule has 3 rings (SSSR count). The van der Waals surface area contributed by atoms with Crippen LogP contribution in [0.5, 0.6) is 0 Å². The van der Waals surface area contributed by atoms with Crippen molar-refractivity contribution in [3.63, 3.8) is 0 Å². The number of primary amides is 1. The summed E-state index contributed by atoms with van der Waals surface area (Å²) in [5, 5.41) is 1.04. The molecule has 0 fully saturated rings. The van der Waals surface area contributed by atoms with Gasteiger partial charge in [0.1, 0.15) is 6.26 Å². The van der Waals surface area contributed by atoms with Crippen LogP contribution in [0.2, 0.25) is 5.02 Å². The number of rotatable bonds is 5. The Bertz CT molecular complexity index is 971. The van der Waals surface area contributed by atoms with E-state index in [0.717, 1.165) is 0 Å². The summed E-state index contributed by atoms with van der Waals surface area (Å²) in [6.45, 7) is 3.77. The normalized spacial score (nSPS) is 11.8. The smallest absolute Gasteiger partial charge is 0.224 e. The summed E-state index contributed by atoms with van der Waals surface area (Å²) in [5.41, 5.74) is 12.7. The molecule has 6 nitrogen and oxygen atoms in total. The number of carbonyl (C=O) groups is 2. The van der Waals surface area contributed by atoms with E-state index < -0.39 is 11.3 Å². The van der Waals surface area contributed by atoms with Gasteiger partial charge in [-0.1, -0.05) is 11.6 Å². The number of fused-ring (bicyclic) bond motifs is 1. The number of aromatic nitrogens is 1. The molecule has 0 aliphatic carbocycles. The Kier molecular flexibility index (Phi) is 4.08. The van der Waals surface area contributed by atoms with Crippen molar-refractivity contribution in [2.45, 2.75) is 20.4 Å². The molecule has 0 atom stereocenters. The van der Waals surface area contributed by atoms with Crippen LogP contribution in [0.25, 0.3) is 10.9 Å². The Morgan fingerprint density at radius 3 is 2.64 bits per heavy atom. The molecule has 0 bridgehead atoms. The molecule has 0 aliphatic rings. The third-order valence-corrected chi connectivity index (χ3v) is 4.46. The first-order chi connectivity index (χ1) is 11.7. The number of hydrogen-bond donors (Lipinski definition) is 2. The Hall–Kier alpha value is -2.73. The lowest BCUT2D eigenvalue weighted by atomic mass is 9.92. The van der Waals surface area contributed by atoms with Crippen molar-refractivity contribution < 1.29 is 14.0 Å². The van der Waals surface area contributed by atoms with Gasteiger partial charge in [0, 0.05) is 28.8 Å². The molecular formula is C18H18ClN3O3. The van der Waals surface area contributed by atoms with Crippen LogP contribution >= 0.6 is 11.6 Å². The number of nitrogens with zero attached hydrogens (tertiary/aromatic N) is 1. The molecule has 7 heteroatoms. The van der Waals surface area contributed by atoms with Crippen LogP contribution in [0.15, 0.2) is 41.3 Å². The molecule has 4 N–H and O–H groups in total. The average Bonchev–Trinajstić information content (AvgIpc) is 3.15. The van der Waals surface area contributed by atoms with Gasteiger partial charge in [0.2, 0.25) is 5.91 Å². The van der Waals surface area contributed by atoms with Crippen LogP contribution in [0.3, 0.4) is 0 Å². The van der Waals surface area contributed by atoms with E-state index in [9.17, 15) is 9.59 Å². The van der Waals surface area contributed by atoms with Gasteiger partial charge in [-0.05, 0) is 32.0 Å².